The minimum atomic E-state index is -0.894. The Labute approximate surface area is 120 Å². The summed E-state index contributed by atoms with van der Waals surface area (Å²) in [5, 5.41) is 15.6. The van der Waals surface area contributed by atoms with Gasteiger partial charge in [0, 0.05) is 12.2 Å². The second kappa shape index (κ2) is 5.83. The van der Waals surface area contributed by atoms with Crippen molar-refractivity contribution >= 4 is 11.7 Å². The lowest BCUT2D eigenvalue weighted by Crippen LogP contribution is -2.45. The molecular weight excluding hydrogens is 252 g/mol. The van der Waals surface area contributed by atoms with Crippen molar-refractivity contribution in [3.63, 3.8) is 0 Å². The molecule has 20 heavy (non-hydrogen) atoms. The lowest BCUT2D eigenvalue weighted by Gasteiger charge is -2.27. The van der Waals surface area contributed by atoms with Gasteiger partial charge < -0.3 is 15.7 Å². The molecule has 0 saturated carbocycles. The van der Waals surface area contributed by atoms with Gasteiger partial charge in [0.25, 0.3) is 0 Å². The van der Waals surface area contributed by atoms with E-state index in [-0.39, 0.29) is 18.5 Å². The molecule has 1 aliphatic rings. The molecule has 1 unspecified atom stereocenters. The third-order valence-electron chi connectivity index (χ3n) is 4.21. The maximum Gasteiger partial charge on any atom is 0.319 e. The second-order valence-electron chi connectivity index (χ2n) is 6.16. The summed E-state index contributed by atoms with van der Waals surface area (Å²) >= 11 is 0. The van der Waals surface area contributed by atoms with Crippen LogP contribution < -0.4 is 10.6 Å². The van der Waals surface area contributed by atoms with Crippen molar-refractivity contribution in [1.29, 1.82) is 0 Å². The highest BCUT2D eigenvalue weighted by molar-refractivity contribution is 5.89. The summed E-state index contributed by atoms with van der Waals surface area (Å²) in [6.07, 6.45) is 3.43. The summed E-state index contributed by atoms with van der Waals surface area (Å²) in [5.41, 5.74) is 2.64. The Morgan fingerprint density at radius 2 is 2.05 bits per heavy atom. The number of hydrogen-bond acceptors (Lipinski definition) is 2. The summed E-state index contributed by atoms with van der Waals surface area (Å²) in [6.45, 7) is 5.83. The number of nitrogens with one attached hydrogen (secondary N) is 2. The number of aliphatic hydroxyl groups is 1. The van der Waals surface area contributed by atoms with Gasteiger partial charge in [-0.1, -0.05) is 19.9 Å². The van der Waals surface area contributed by atoms with Crippen LogP contribution in [0.3, 0.4) is 0 Å². The highest BCUT2D eigenvalue weighted by Crippen LogP contribution is 2.24. The van der Waals surface area contributed by atoms with Gasteiger partial charge in [-0.05, 0) is 55.4 Å². The Hall–Kier alpha value is -1.55. The van der Waals surface area contributed by atoms with Crippen molar-refractivity contribution < 1.29 is 9.90 Å². The highest BCUT2D eigenvalue weighted by atomic mass is 16.3. The molecular formula is C16H24N2O2. The fraction of sp³-hybridized carbons (Fsp3) is 0.562. The highest BCUT2D eigenvalue weighted by Gasteiger charge is 2.25. The molecule has 1 atom stereocenters. The number of urea groups is 1. The van der Waals surface area contributed by atoms with Crippen LogP contribution in [0.5, 0.6) is 0 Å². The predicted molar refractivity (Wildman–Crippen MR) is 81.0 cm³/mol. The van der Waals surface area contributed by atoms with Crippen LogP contribution >= 0.6 is 0 Å². The van der Waals surface area contributed by atoms with Gasteiger partial charge in [-0.15, -0.1) is 0 Å². The van der Waals surface area contributed by atoms with E-state index in [2.05, 4.69) is 16.7 Å². The summed E-state index contributed by atoms with van der Waals surface area (Å²) in [5.74, 6) is 0.0859. The molecule has 4 nitrogen and oxygen atoms in total. The molecule has 0 fully saturated rings. The standard InChI is InChI=1S/C16H24N2O2/c1-11(2)16(3,20)10-17-15(19)18-14-8-7-12-5-4-6-13(12)9-14/h7-9,11,20H,4-6,10H2,1-3H3,(H2,17,18,19). The first kappa shape index (κ1) is 14.9. The van der Waals surface area contributed by atoms with Gasteiger partial charge in [0.15, 0.2) is 0 Å². The Morgan fingerprint density at radius 1 is 1.35 bits per heavy atom. The quantitative estimate of drug-likeness (QED) is 0.792. The fourth-order valence-corrected chi connectivity index (χ4v) is 2.29. The molecule has 0 heterocycles. The molecule has 0 radical (unpaired) electrons. The number of rotatable bonds is 4. The lowest BCUT2D eigenvalue weighted by molar-refractivity contribution is 0.0170. The van der Waals surface area contributed by atoms with Gasteiger partial charge in [0.2, 0.25) is 0 Å². The number of carbonyl (C=O) groups excluding carboxylic acids is 1. The largest absolute Gasteiger partial charge is 0.388 e. The first-order valence-electron chi connectivity index (χ1n) is 7.27. The van der Waals surface area contributed by atoms with Crippen LogP contribution in [0.2, 0.25) is 0 Å². The average molecular weight is 276 g/mol. The first-order valence-corrected chi connectivity index (χ1v) is 7.27. The summed E-state index contributed by atoms with van der Waals surface area (Å²) in [4.78, 5) is 11.8. The first-order chi connectivity index (χ1) is 9.38. The number of carbonyl (C=O) groups is 1. The van der Waals surface area contributed by atoms with Crippen molar-refractivity contribution in [2.45, 2.75) is 45.6 Å². The summed E-state index contributed by atoms with van der Waals surface area (Å²) in [6, 6.07) is 5.79. The normalized spacial score (nSPS) is 16.6. The minimum Gasteiger partial charge on any atom is -0.388 e. The van der Waals surface area contributed by atoms with E-state index >= 15 is 0 Å². The van der Waals surface area contributed by atoms with Crippen LogP contribution in [0.1, 0.15) is 38.3 Å². The molecule has 0 bridgehead atoms. The average Bonchev–Trinajstić information content (AvgIpc) is 2.83. The third kappa shape index (κ3) is 3.51. The van der Waals surface area contributed by atoms with Crippen LogP contribution in [0.15, 0.2) is 18.2 Å². The van der Waals surface area contributed by atoms with E-state index in [4.69, 9.17) is 0 Å². The maximum atomic E-state index is 11.8. The zero-order valence-electron chi connectivity index (χ0n) is 12.5. The van der Waals surface area contributed by atoms with Gasteiger partial charge >= 0.3 is 6.03 Å². The molecule has 0 aromatic heterocycles. The number of anilines is 1. The van der Waals surface area contributed by atoms with Crippen LogP contribution in [0.4, 0.5) is 10.5 Å². The van der Waals surface area contributed by atoms with E-state index < -0.39 is 5.60 Å². The SMILES string of the molecule is CC(C)C(C)(O)CNC(=O)Nc1ccc2c(c1)CCC2. The third-order valence-corrected chi connectivity index (χ3v) is 4.21. The number of benzene rings is 1. The van der Waals surface area contributed by atoms with Gasteiger partial charge in [-0.2, -0.15) is 0 Å². The summed E-state index contributed by atoms with van der Waals surface area (Å²) < 4.78 is 0. The van der Waals surface area contributed by atoms with Gasteiger partial charge in [-0.3, -0.25) is 0 Å². The molecule has 2 amide bonds. The molecule has 2 rings (SSSR count). The molecule has 0 saturated heterocycles. The van der Waals surface area contributed by atoms with E-state index in [0.29, 0.717) is 0 Å². The zero-order valence-corrected chi connectivity index (χ0v) is 12.5. The number of fused-ring (bicyclic) bond motifs is 1. The molecule has 1 aliphatic carbocycles. The van der Waals surface area contributed by atoms with Crippen molar-refractivity contribution in [2.75, 3.05) is 11.9 Å². The minimum absolute atomic E-state index is 0.0859. The zero-order chi connectivity index (χ0) is 14.8. The monoisotopic (exact) mass is 276 g/mol. The fourth-order valence-electron chi connectivity index (χ4n) is 2.29. The Balaban J connectivity index is 1.89. The van der Waals surface area contributed by atoms with Crippen molar-refractivity contribution in [3.8, 4) is 0 Å². The number of aryl methyl sites for hydroxylation is 2. The van der Waals surface area contributed by atoms with Gasteiger partial charge in [0.05, 0.1) is 5.60 Å². The molecule has 0 spiro atoms. The van der Waals surface area contributed by atoms with Crippen molar-refractivity contribution in [1.82, 2.24) is 5.32 Å². The molecule has 1 aromatic carbocycles. The molecule has 1 aromatic rings. The second-order valence-corrected chi connectivity index (χ2v) is 6.16. The number of amides is 2. The van der Waals surface area contributed by atoms with Gasteiger partial charge in [0.1, 0.15) is 0 Å². The molecule has 3 N–H and O–H groups in total. The van der Waals surface area contributed by atoms with Crippen LogP contribution in [-0.4, -0.2) is 23.3 Å². The Kier molecular flexibility index (Phi) is 4.33. The predicted octanol–water partition coefficient (Wildman–Crippen LogP) is 2.70. The molecule has 0 aliphatic heterocycles. The van der Waals surface area contributed by atoms with Crippen LogP contribution in [0.25, 0.3) is 0 Å². The van der Waals surface area contributed by atoms with E-state index in [1.165, 1.54) is 17.5 Å². The van der Waals surface area contributed by atoms with Crippen molar-refractivity contribution in [2.24, 2.45) is 5.92 Å². The Bertz CT molecular complexity index is 495. The smallest absolute Gasteiger partial charge is 0.319 e. The lowest BCUT2D eigenvalue weighted by atomic mass is 9.93. The topological polar surface area (TPSA) is 61.4 Å². The summed E-state index contributed by atoms with van der Waals surface area (Å²) in [7, 11) is 0. The van der Waals surface area contributed by atoms with E-state index in [1.807, 2.05) is 26.0 Å². The van der Waals surface area contributed by atoms with E-state index in [0.717, 1.165) is 18.5 Å². The van der Waals surface area contributed by atoms with Crippen LogP contribution in [0, 0.1) is 5.92 Å². The van der Waals surface area contributed by atoms with E-state index in [1.54, 1.807) is 6.92 Å². The molecule has 4 heteroatoms. The van der Waals surface area contributed by atoms with Crippen molar-refractivity contribution in [3.05, 3.63) is 29.3 Å². The number of hydrogen-bond donors (Lipinski definition) is 3. The van der Waals surface area contributed by atoms with Crippen LogP contribution in [-0.2, 0) is 12.8 Å². The maximum absolute atomic E-state index is 11.8. The van der Waals surface area contributed by atoms with Gasteiger partial charge in [-0.25, -0.2) is 4.79 Å². The van der Waals surface area contributed by atoms with E-state index in [9.17, 15) is 9.90 Å². The molecule has 110 valence electrons. The Morgan fingerprint density at radius 3 is 2.75 bits per heavy atom.